The van der Waals surface area contributed by atoms with Crippen molar-refractivity contribution in [3.8, 4) is 0 Å². The van der Waals surface area contributed by atoms with Crippen LogP contribution in [-0.4, -0.2) is 41.9 Å². The maximum absolute atomic E-state index is 6.48. The lowest BCUT2D eigenvalue weighted by atomic mass is 9.56. The van der Waals surface area contributed by atoms with Crippen LogP contribution in [0.3, 0.4) is 0 Å². The molecule has 1 heterocycles. The fourth-order valence-electron chi connectivity index (χ4n) is 5.46. The van der Waals surface area contributed by atoms with Crippen LogP contribution < -0.4 is 21.9 Å². The third kappa shape index (κ3) is 2.38. The molecule has 0 aromatic heterocycles. The summed E-state index contributed by atoms with van der Waals surface area (Å²) in [5.41, 5.74) is 8.07. The molecule has 1 fully saturated rings. The van der Waals surface area contributed by atoms with Crippen LogP contribution in [0.2, 0.25) is 0 Å². The van der Waals surface area contributed by atoms with Gasteiger partial charge in [-0.1, -0.05) is 57.9 Å². The van der Waals surface area contributed by atoms with Gasteiger partial charge in [0.05, 0.1) is 11.2 Å². The predicted octanol–water partition coefficient (Wildman–Crippen LogP) is -0.644. The quantitative estimate of drug-likeness (QED) is 0.618. The summed E-state index contributed by atoms with van der Waals surface area (Å²) in [6.45, 7) is 23.0. The van der Waals surface area contributed by atoms with Crippen molar-refractivity contribution >= 4 is 52.5 Å². The maximum atomic E-state index is 6.48. The van der Waals surface area contributed by atoms with Crippen molar-refractivity contribution in [3.05, 3.63) is 11.1 Å². The summed E-state index contributed by atoms with van der Waals surface area (Å²) in [5, 5.41) is 0. The molecule has 1 aromatic rings. The van der Waals surface area contributed by atoms with E-state index in [9.17, 15) is 0 Å². The van der Waals surface area contributed by atoms with E-state index in [1.54, 1.807) is 0 Å². The topological polar surface area (TPSA) is 18.5 Å². The van der Waals surface area contributed by atoms with Gasteiger partial charge >= 0.3 is 7.12 Å². The second-order valence-electron chi connectivity index (χ2n) is 11.5. The zero-order valence-corrected chi connectivity index (χ0v) is 19.9. The molecule has 6 heteroatoms. The number of benzene rings is 1. The normalized spacial score (nSPS) is 26.2. The van der Waals surface area contributed by atoms with E-state index in [2.05, 4.69) is 92.8 Å². The number of rotatable bonds is 1. The number of hydrogen-bond donors (Lipinski definition) is 0. The van der Waals surface area contributed by atoms with Crippen molar-refractivity contribution in [1.82, 2.24) is 0 Å². The summed E-state index contributed by atoms with van der Waals surface area (Å²) < 4.78 is 13.0. The lowest BCUT2D eigenvalue weighted by Crippen LogP contribution is -2.59. The largest absolute Gasteiger partial charge is 0.493 e. The minimum Gasteiger partial charge on any atom is -0.399 e. The molecule has 1 aliphatic carbocycles. The van der Waals surface area contributed by atoms with Gasteiger partial charge in [-0.25, -0.2) is 0 Å². The standard InChI is InChI=1S/C21H36B4O2/c1-17(2)11-12(18(3,4)19(17,5)6)14(23)16(15(24)13(11)22)25-26-20(7,8)21(9,10)27-25/h22-24H2,1-10H3. The van der Waals surface area contributed by atoms with Gasteiger partial charge in [0.15, 0.2) is 0 Å². The second-order valence-corrected chi connectivity index (χ2v) is 11.5. The van der Waals surface area contributed by atoms with Crippen LogP contribution >= 0.6 is 0 Å². The van der Waals surface area contributed by atoms with Crippen molar-refractivity contribution in [2.45, 2.75) is 91.3 Å². The van der Waals surface area contributed by atoms with E-state index in [0.29, 0.717) is 0 Å². The zero-order valence-electron chi connectivity index (χ0n) is 19.9. The van der Waals surface area contributed by atoms with Gasteiger partial charge in [-0.2, -0.15) is 0 Å². The Morgan fingerprint density at radius 3 is 1.37 bits per heavy atom. The monoisotopic (exact) mass is 364 g/mol. The van der Waals surface area contributed by atoms with E-state index in [1.807, 2.05) is 0 Å². The predicted molar refractivity (Wildman–Crippen MR) is 127 cm³/mol. The lowest BCUT2D eigenvalue weighted by molar-refractivity contribution is 0.00578. The highest BCUT2D eigenvalue weighted by Crippen LogP contribution is 2.60. The fraction of sp³-hybridized carbons (Fsp3) is 0.714. The van der Waals surface area contributed by atoms with Crippen molar-refractivity contribution in [1.29, 1.82) is 0 Å². The molecule has 0 amide bonds. The Morgan fingerprint density at radius 1 is 0.593 bits per heavy atom. The van der Waals surface area contributed by atoms with Gasteiger partial charge in [0.25, 0.3) is 0 Å². The Labute approximate surface area is 169 Å². The summed E-state index contributed by atoms with van der Waals surface area (Å²) in [6, 6.07) is 0. The first-order valence-electron chi connectivity index (χ1n) is 10.4. The molecule has 0 N–H and O–H groups in total. The zero-order chi connectivity index (χ0) is 21.0. The van der Waals surface area contributed by atoms with E-state index in [0.717, 1.165) is 0 Å². The van der Waals surface area contributed by atoms with E-state index < -0.39 is 0 Å². The van der Waals surface area contributed by atoms with Crippen molar-refractivity contribution < 1.29 is 9.31 Å². The van der Waals surface area contributed by atoms with E-state index in [1.165, 1.54) is 33.0 Å². The highest BCUT2D eigenvalue weighted by Gasteiger charge is 2.59. The Hall–Kier alpha value is -0.600. The van der Waals surface area contributed by atoms with Crippen LogP contribution in [0, 0.1) is 5.41 Å². The molecule has 0 atom stereocenters. The van der Waals surface area contributed by atoms with Crippen LogP contribution in [-0.2, 0) is 20.1 Å². The number of fused-ring (bicyclic) bond motifs is 1. The van der Waals surface area contributed by atoms with Gasteiger partial charge < -0.3 is 9.31 Å². The summed E-state index contributed by atoms with van der Waals surface area (Å²) in [6.07, 6.45) is 0. The molecule has 0 unspecified atom stereocenters. The van der Waals surface area contributed by atoms with Crippen LogP contribution in [0.15, 0.2) is 0 Å². The molecule has 3 rings (SSSR count). The van der Waals surface area contributed by atoms with Gasteiger partial charge in [-0.15, -0.1) is 0 Å². The Bertz CT molecular complexity index is 806. The minimum atomic E-state index is -0.322. The lowest BCUT2D eigenvalue weighted by Gasteiger charge is -2.45. The number of hydrogen-bond acceptors (Lipinski definition) is 2. The Balaban J connectivity index is 2.31. The summed E-state index contributed by atoms with van der Waals surface area (Å²) in [5.74, 6) is 0. The van der Waals surface area contributed by atoms with Gasteiger partial charge in [0.1, 0.15) is 23.5 Å². The fourth-order valence-corrected chi connectivity index (χ4v) is 5.46. The Kier molecular flexibility index (Phi) is 4.31. The first-order valence-corrected chi connectivity index (χ1v) is 10.4. The second kappa shape index (κ2) is 5.51. The molecule has 27 heavy (non-hydrogen) atoms. The van der Waals surface area contributed by atoms with Crippen LogP contribution in [0.5, 0.6) is 0 Å². The van der Waals surface area contributed by atoms with Crippen LogP contribution in [0.25, 0.3) is 0 Å². The van der Waals surface area contributed by atoms with Gasteiger partial charge in [0.2, 0.25) is 0 Å². The molecule has 0 bridgehead atoms. The highest BCUT2D eigenvalue weighted by atomic mass is 16.7. The van der Waals surface area contributed by atoms with Crippen molar-refractivity contribution in [2.24, 2.45) is 5.41 Å². The highest BCUT2D eigenvalue weighted by molar-refractivity contribution is 6.75. The van der Waals surface area contributed by atoms with Crippen molar-refractivity contribution in [2.75, 3.05) is 0 Å². The van der Waals surface area contributed by atoms with Crippen LogP contribution in [0.4, 0.5) is 0 Å². The first kappa shape index (κ1) is 21.1. The van der Waals surface area contributed by atoms with Crippen LogP contribution in [0.1, 0.15) is 80.4 Å². The van der Waals surface area contributed by atoms with E-state index in [4.69, 9.17) is 9.31 Å². The maximum Gasteiger partial charge on any atom is 0.493 e. The summed E-state index contributed by atoms with van der Waals surface area (Å²) in [4.78, 5) is 0. The van der Waals surface area contributed by atoms with Gasteiger partial charge in [0, 0.05) is 0 Å². The van der Waals surface area contributed by atoms with Gasteiger partial charge in [-0.05, 0) is 60.5 Å². The van der Waals surface area contributed by atoms with Gasteiger partial charge in [-0.3, -0.25) is 0 Å². The molecule has 0 saturated carbocycles. The molecule has 0 spiro atoms. The molecular weight excluding hydrogens is 327 g/mol. The summed E-state index contributed by atoms with van der Waals surface area (Å²) in [7, 11) is 6.52. The molecular formula is C21H36B4O2. The molecule has 2 nitrogen and oxygen atoms in total. The molecule has 1 saturated heterocycles. The molecule has 1 aromatic carbocycles. The smallest absolute Gasteiger partial charge is 0.399 e. The summed E-state index contributed by atoms with van der Waals surface area (Å²) >= 11 is 0. The Morgan fingerprint density at radius 2 is 0.963 bits per heavy atom. The minimum absolute atomic E-state index is 0.0762. The molecule has 1 aliphatic heterocycles. The third-order valence-electron chi connectivity index (χ3n) is 9.23. The third-order valence-corrected chi connectivity index (χ3v) is 9.23. The SMILES string of the molecule is Bc1c(B)c2c(c(B)c1B1OC(C)(C)C(C)(C)O1)C(C)(C)C(C)(C)C2(C)C. The van der Waals surface area contributed by atoms with E-state index >= 15 is 0 Å². The molecule has 2 aliphatic rings. The van der Waals surface area contributed by atoms with Crippen molar-refractivity contribution in [3.63, 3.8) is 0 Å². The molecule has 144 valence electrons. The van der Waals surface area contributed by atoms with E-state index in [-0.39, 0.29) is 34.6 Å². The first-order chi connectivity index (χ1) is 11.9. The average molecular weight is 364 g/mol. The average Bonchev–Trinajstić information content (AvgIpc) is 2.75. The molecule has 0 radical (unpaired) electrons.